The third-order valence-corrected chi connectivity index (χ3v) is 3.24. The maximum absolute atomic E-state index is 3.31. The average Bonchev–Trinajstić information content (AvgIpc) is 2.17. The summed E-state index contributed by atoms with van der Waals surface area (Å²) in [7, 11) is 4.28. The van der Waals surface area contributed by atoms with Crippen LogP contribution in [0.1, 0.15) is 20.3 Å². The molecule has 0 aromatic rings. The van der Waals surface area contributed by atoms with Crippen molar-refractivity contribution < 1.29 is 0 Å². The Kier molecular flexibility index (Phi) is 5.58. The first-order chi connectivity index (χ1) is 7.13. The molecule has 0 aromatic heterocycles. The molecule has 15 heavy (non-hydrogen) atoms. The summed E-state index contributed by atoms with van der Waals surface area (Å²) in [5.74, 6) is 0.819. The predicted molar refractivity (Wildman–Crippen MR) is 66.2 cm³/mol. The van der Waals surface area contributed by atoms with Gasteiger partial charge in [-0.2, -0.15) is 0 Å². The first kappa shape index (κ1) is 12.9. The van der Waals surface area contributed by atoms with Crippen LogP contribution in [0.15, 0.2) is 0 Å². The van der Waals surface area contributed by atoms with Crippen LogP contribution in [-0.4, -0.2) is 62.7 Å². The summed E-state index contributed by atoms with van der Waals surface area (Å²) in [6, 6.07) is 0.701. The van der Waals surface area contributed by atoms with Crippen LogP contribution in [0.3, 0.4) is 0 Å². The Labute approximate surface area is 94.8 Å². The number of hydrogen-bond donors (Lipinski definition) is 1. The summed E-state index contributed by atoms with van der Waals surface area (Å²) in [5.41, 5.74) is 0. The second-order valence-corrected chi connectivity index (χ2v) is 5.19. The van der Waals surface area contributed by atoms with Crippen LogP contribution in [0.25, 0.3) is 0 Å². The minimum atomic E-state index is 0.701. The zero-order valence-corrected chi connectivity index (χ0v) is 10.8. The summed E-state index contributed by atoms with van der Waals surface area (Å²) in [4.78, 5) is 5.09. The zero-order valence-electron chi connectivity index (χ0n) is 10.8. The van der Waals surface area contributed by atoms with Gasteiger partial charge in [0.05, 0.1) is 0 Å². The Morgan fingerprint density at radius 2 is 2.07 bits per heavy atom. The van der Waals surface area contributed by atoms with E-state index in [2.05, 4.69) is 43.1 Å². The molecule has 1 atom stereocenters. The molecule has 1 rings (SSSR count). The fourth-order valence-electron chi connectivity index (χ4n) is 2.20. The van der Waals surface area contributed by atoms with Gasteiger partial charge in [-0.15, -0.1) is 0 Å². The summed E-state index contributed by atoms with van der Waals surface area (Å²) >= 11 is 0. The third kappa shape index (κ3) is 4.49. The lowest BCUT2D eigenvalue weighted by Gasteiger charge is -2.40. The minimum Gasteiger partial charge on any atom is -0.318 e. The van der Waals surface area contributed by atoms with Gasteiger partial charge in [0.1, 0.15) is 0 Å². The van der Waals surface area contributed by atoms with Gasteiger partial charge in [0, 0.05) is 32.2 Å². The molecule has 3 heteroatoms. The molecular weight excluding hydrogens is 186 g/mol. The number of piperazine rings is 1. The molecule has 0 amide bonds. The van der Waals surface area contributed by atoms with E-state index in [4.69, 9.17) is 0 Å². The second-order valence-electron chi connectivity index (χ2n) is 5.19. The monoisotopic (exact) mass is 213 g/mol. The number of rotatable bonds is 5. The van der Waals surface area contributed by atoms with Crippen molar-refractivity contribution in [3.05, 3.63) is 0 Å². The first-order valence-corrected chi connectivity index (χ1v) is 6.20. The van der Waals surface area contributed by atoms with Gasteiger partial charge in [0.2, 0.25) is 0 Å². The van der Waals surface area contributed by atoms with Crippen molar-refractivity contribution in [2.45, 2.75) is 26.3 Å². The van der Waals surface area contributed by atoms with Crippen LogP contribution >= 0.6 is 0 Å². The number of hydrogen-bond acceptors (Lipinski definition) is 3. The topological polar surface area (TPSA) is 18.5 Å². The van der Waals surface area contributed by atoms with E-state index < -0.39 is 0 Å². The molecule has 0 spiro atoms. The molecule has 0 bridgehead atoms. The van der Waals surface area contributed by atoms with Crippen molar-refractivity contribution in [2.75, 3.05) is 46.8 Å². The Morgan fingerprint density at radius 1 is 1.33 bits per heavy atom. The van der Waals surface area contributed by atoms with Crippen LogP contribution in [-0.2, 0) is 0 Å². The van der Waals surface area contributed by atoms with Crippen LogP contribution < -0.4 is 5.32 Å². The van der Waals surface area contributed by atoms with E-state index in [1.807, 2.05) is 0 Å². The first-order valence-electron chi connectivity index (χ1n) is 6.20. The lowest BCUT2D eigenvalue weighted by Crippen LogP contribution is -2.55. The smallest absolute Gasteiger partial charge is 0.0348 e. The lowest BCUT2D eigenvalue weighted by atomic mass is 10.1. The summed E-state index contributed by atoms with van der Waals surface area (Å²) < 4.78 is 0. The van der Waals surface area contributed by atoms with Gasteiger partial charge >= 0.3 is 0 Å². The highest BCUT2D eigenvalue weighted by atomic mass is 15.3. The molecule has 90 valence electrons. The third-order valence-electron chi connectivity index (χ3n) is 3.24. The van der Waals surface area contributed by atoms with Crippen molar-refractivity contribution >= 4 is 0 Å². The van der Waals surface area contributed by atoms with Gasteiger partial charge in [-0.3, -0.25) is 4.90 Å². The molecule has 1 N–H and O–H groups in total. The standard InChI is InChI=1S/C12H27N3/c1-11(2)5-6-15-8-7-14(4)10-12(15)9-13-3/h11-13H,5-10H2,1-4H3. The molecule has 0 aromatic carbocycles. The van der Waals surface area contributed by atoms with E-state index in [1.54, 1.807) is 0 Å². The van der Waals surface area contributed by atoms with Crippen LogP contribution in [0, 0.1) is 5.92 Å². The van der Waals surface area contributed by atoms with Crippen molar-refractivity contribution in [3.63, 3.8) is 0 Å². The molecule has 0 radical (unpaired) electrons. The van der Waals surface area contributed by atoms with Gasteiger partial charge in [-0.05, 0) is 33.0 Å². The molecule has 1 fully saturated rings. The maximum atomic E-state index is 3.31. The van der Waals surface area contributed by atoms with Crippen LogP contribution in [0.5, 0.6) is 0 Å². The van der Waals surface area contributed by atoms with Gasteiger partial charge in [0.25, 0.3) is 0 Å². The van der Waals surface area contributed by atoms with E-state index in [0.717, 1.165) is 12.5 Å². The van der Waals surface area contributed by atoms with E-state index >= 15 is 0 Å². The normalized spacial score (nSPS) is 25.0. The molecule has 1 saturated heterocycles. The van der Waals surface area contributed by atoms with Crippen molar-refractivity contribution in [1.82, 2.24) is 15.1 Å². The molecule has 0 saturated carbocycles. The number of likely N-dealkylation sites (N-methyl/N-ethyl adjacent to an activating group) is 2. The van der Waals surface area contributed by atoms with Crippen molar-refractivity contribution in [1.29, 1.82) is 0 Å². The number of nitrogens with one attached hydrogen (secondary N) is 1. The lowest BCUT2D eigenvalue weighted by molar-refractivity contribution is 0.0863. The summed E-state index contributed by atoms with van der Waals surface area (Å²) in [6.07, 6.45) is 1.32. The van der Waals surface area contributed by atoms with Crippen LogP contribution in [0.4, 0.5) is 0 Å². The second kappa shape index (κ2) is 6.46. The fourth-order valence-corrected chi connectivity index (χ4v) is 2.20. The maximum Gasteiger partial charge on any atom is 0.0348 e. The van der Waals surface area contributed by atoms with Gasteiger partial charge < -0.3 is 10.2 Å². The quantitative estimate of drug-likeness (QED) is 0.731. The van der Waals surface area contributed by atoms with E-state index in [-0.39, 0.29) is 0 Å². The average molecular weight is 213 g/mol. The molecule has 3 nitrogen and oxygen atoms in total. The van der Waals surface area contributed by atoms with Gasteiger partial charge in [0.15, 0.2) is 0 Å². The highest BCUT2D eigenvalue weighted by Gasteiger charge is 2.23. The minimum absolute atomic E-state index is 0.701. The Bertz CT molecular complexity index is 170. The van der Waals surface area contributed by atoms with Crippen LogP contribution in [0.2, 0.25) is 0 Å². The molecular formula is C12H27N3. The van der Waals surface area contributed by atoms with Gasteiger partial charge in [-0.25, -0.2) is 0 Å². The summed E-state index contributed by atoms with van der Waals surface area (Å²) in [5, 5.41) is 3.31. The predicted octanol–water partition coefficient (Wildman–Crippen LogP) is 0.868. The Hall–Kier alpha value is -0.120. The molecule has 1 aliphatic heterocycles. The number of nitrogens with zero attached hydrogens (tertiary/aromatic N) is 2. The van der Waals surface area contributed by atoms with Crippen molar-refractivity contribution in [3.8, 4) is 0 Å². The molecule has 0 aliphatic carbocycles. The van der Waals surface area contributed by atoms with Crippen molar-refractivity contribution in [2.24, 2.45) is 5.92 Å². The summed E-state index contributed by atoms with van der Waals surface area (Å²) in [6.45, 7) is 10.7. The molecule has 1 aliphatic rings. The SMILES string of the molecule is CNCC1CN(C)CCN1CCC(C)C. The Balaban J connectivity index is 2.37. The largest absolute Gasteiger partial charge is 0.318 e. The zero-order chi connectivity index (χ0) is 11.3. The molecule has 1 unspecified atom stereocenters. The highest BCUT2D eigenvalue weighted by Crippen LogP contribution is 2.10. The van der Waals surface area contributed by atoms with E-state index in [1.165, 1.54) is 32.6 Å². The molecule has 1 heterocycles. The fraction of sp³-hybridized carbons (Fsp3) is 1.00. The Morgan fingerprint density at radius 3 is 2.67 bits per heavy atom. The van der Waals surface area contributed by atoms with E-state index in [9.17, 15) is 0 Å². The van der Waals surface area contributed by atoms with E-state index in [0.29, 0.717) is 6.04 Å². The van der Waals surface area contributed by atoms with Gasteiger partial charge in [-0.1, -0.05) is 13.8 Å². The highest BCUT2D eigenvalue weighted by molar-refractivity contribution is 4.82.